The fourth-order valence-electron chi connectivity index (χ4n) is 3.50. The molecule has 0 aromatic heterocycles. The normalized spacial score (nSPS) is 19.0. The van der Waals surface area contributed by atoms with Gasteiger partial charge < -0.3 is 10.0 Å². The summed E-state index contributed by atoms with van der Waals surface area (Å²) >= 11 is 3.37. The van der Waals surface area contributed by atoms with Gasteiger partial charge in [-0.25, -0.2) is 0 Å². The van der Waals surface area contributed by atoms with E-state index in [0.717, 1.165) is 15.2 Å². The maximum atomic E-state index is 12.9. The van der Waals surface area contributed by atoms with Gasteiger partial charge in [0.25, 0.3) is 5.91 Å². The smallest absolute Gasteiger partial charge is 0.263 e. The van der Waals surface area contributed by atoms with Crippen LogP contribution >= 0.6 is 15.9 Å². The molecule has 1 atom stereocenters. The number of benzene rings is 3. The van der Waals surface area contributed by atoms with Gasteiger partial charge in [-0.2, -0.15) is 0 Å². The monoisotopic (exact) mass is 409 g/mol. The molecule has 0 aliphatic carbocycles. The highest BCUT2D eigenvalue weighted by Crippen LogP contribution is 2.43. The molecule has 1 aliphatic rings. The van der Waals surface area contributed by atoms with E-state index in [9.17, 15) is 14.7 Å². The van der Waals surface area contributed by atoms with E-state index >= 15 is 0 Å². The molecule has 1 N–H and O–H groups in total. The molecule has 0 saturated heterocycles. The summed E-state index contributed by atoms with van der Waals surface area (Å²) in [5, 5.41) is 13.1. The fourth-order valence-corrected chi connectivity index (χ4v) is 3.86. The third-order valence-corrected chi connectivity index (χ3v) is 5.41. The molecule has 3 aromatic rings. The number of fused-ring (bicyclic) bond motifs is 2. The summed E-state index contributed by atoms with van der Waals surface area (Å²) in [6, 6.07) is 18.4. The second-order valence-electron chi connectivity index (χ2n) is 6.55. The fraction of sp³-hybridized carbons (Fsp3) is 0.143. The van der Waals surface area contributed by atoms with Crippen molar-refractivity contribution in [2.24, 2.45) is 0 Å². The molecule has 1 amide bonds. The Bertz CT molecular complexity index is 1060. The third kappa shape index (κ3) is 2.55. The number of hydrogen-bond donors (Lipinski definition) is 1. The van der Waals surface area contributed by atoms with Gasteiger partial charge in [0.1, 0.15) is 0 Å². The average molecular weight is 410 g/mol. The van der Waals surface area contributed by atoms with Crippen LogP contribution in [0.25, 0.3) is 10.8 Å². The second-order valence-corrected chi connectivity index (χ2v) is 7.46. The summed E-state index contributed by atoms with van der Waals surface area (Å²) in [5.41, 5.74) is -0.298. The lowest BCUT2D eigenvalue weighted by Gasteiger charge is -2.21. The Labute approximate surface area is 159 Å². The maximum Gasteiger partial charge on any atom is 0.263 e. The van der Waals surface area contributed by atoms with E-state index in [2.05, 4.69) is 15.9 Å². The zero-order valence-electron chi connectivity index (χ0n) is 14.1. The summed E-state index contributed by atoms with van der Waals surface area (Å²) in [6.45, 7) is 0. The van der Waals surface area contributed by atoms with E-state index < -0.39 is 11.5 Å². The van der Waals surface area contributed by atoms with Gasteiger partial charge in [0, 0.05) is 22.6 Å². The molecule has 5 heteroatoms. The van der Waals surface area contributed by atoms with Crippen LogP contribution in [0.3, 0.4) is 0 Å². The molecule has 0 spiro atoms. The number of aliphatic hydroxyl groups is 1. The van der Waals surface area contributed by atoms with Crippen LogP contribution in [0.15, 0.2) is 65.1 Å². The van der Waals surface area contributed by atoms with Crippen LogP contribution in [-0.4, -0.2) is 23.8 Å². The Morgan fingerprint density at radius 1 is 1.08 bits per heavy atom. The van der Waals surface area contributed by atoms with Crippen molar-refractivity contribution >= 4 is 44.1 Å². The molecule has 0 bridgehead atoms. The molecular formula is C21H16BrNO3. The van der Waals surface area contributed by atoms with Gasteiger partial charge in [0.15, 0.2) is 11.4 Å². The van der Waals surface area contributed by atoms with Gasteiger partial charge in [-0.05, 0) is 35.0 Å². The van der Waals surface area contributed by atoms with Crippen LogP contribution in [-0.2, 0) is 10.4 Å². The van der Waals surface area contributed by atoms with E-state index in [1.54, 1.807) is 37.4 Å². The standard InChI is InChI=1S/C21H16BrNO3/c1-23-18-9-8-16(22)11-17(18)21(26,20(23)25)12-19(24)15-7-6-13-4-2-3-5-14(13)10-15/h2-11,26H,12H2,1H3/t21-/m0/s1. The highest BCUT2D eigenvalue weighted by Gasteiger charge is 2.49. The Morgan fingerprint density at radius 3 is 2.58 bits per heavy atom. The first-order valence-corrected chi connectivity index (χ1v) is 9.02. The minimum Gasteiger partial charge on any atom is -0.375 e. The molecule has 3 aromatic carbocycles. The number of halogens is 1. The molecule has 0 fully saturated rings. The zero-order chi connectivity index (χ0) is 18.5. The molecule has 4 rings (SSSR count). The third-order valence-electron chi connectivity index (χ3n) is 4.91. The number of rotatable bonds is 3. The molecule has 0 saturated carbocycles. The van der Waals surface area contributed by atoms with E-state index in [1.807, 2.05) is 30.3 Å². The maximum absolute atomic E-state index is 12.9. The molecule has 1 aliphatic heterocycles. The molecule has 4 nitrogen and oxygen atoms in total. The Kier molecular flexibility index (Phi) is 3.93. The lowest BCUT2D eigenvalue weighted by Crippen LogP contribution is -2.40. The van der Waals surface area contributed by atoms with Crippen LogP contribution in [0.5, 0.6) is 0 Å². The van der Waals surface area contributed by atoms with E-state index in [-0.39, 0.29) is 12.2 Å². The van der Waals surface area contributed by atoms with Crippen LogP contribution in [0, 0.1) is 0 Å². The number of carbonyl (C=O) groups excluding carboxylic acids is 2. The zero-order valence-corrected chi connectivity index (χ0v) is 15.7. The van der Waals surface area contributed by atoms with Crippen molar-refractivity contribution in [1.82, 2.24) is 0 Å². The number of hydrogen-bond acceptors (Lipinski definition) is 3. The predicted molar refractivity (Wildman–Crippen MR) is 104 cm³/mol. The lowest BCUT2D eigenvalue weighted by atomic mass is 9.88. The van der Waals surface area contributed by atoms with Crippen molar-refractivity contribution in [2.45, 2.75) is 12.0 Å². The summed E-state index contributed by atoms with van der Waals surface area (Å²) in [5.74, 6) is -0.757. The number of ketones is 1. The Balaban J connectivity index is 1.72. The Morgan fingerprint density at radius 2 is 1.81 bits per heavy atom. The van der Waals surface area contributed by atoms with Gasteiger partial charge >= 0.3 is 0 Å². The highest BCUT2D eigenvalue weighted by atomic mass is 79.9. The van der Waals surface area contributed by atoms with Crippen molar-refractivity contribution in [3.8, 4) is 0 Å². The van der Waals surface area contributed by atoms with Crippen molar-refractivity contribution in [3.05, 3.63) is 76.3 Å². The van der Waals surface area contributed by atoms with Crippen molar-refractivity contribution in [1.29, 1.82) is 0 Å². The topological polar surface area (TPSA) is 57.6 Å². The van der Waals surface area contributed by atoms with Gasteiger partial charge in [-0.15, -0.1) is 0 Å². The largest absolute Gasteiger partial charge is 0.375 e. The summed E-state index contributed by atoms with van der Waals surface area (Å²) < 4.78 is 0.746. The first-order chi connectivity index (χ1) is 12.4. The van der Waals surface area contributed by atoms with Crippen molar-refractivity contribution < 1.29 is 14.7 Å². The lowest BCUT2D eigenvalue weighted by molar-refractivity contribution is -0.135. The average Bonchev–Trinajstić information content (AvgIpc) is 2.82. The highest BCUT2D eigenvalue weighted by molar-refractivity contribution is 9.10. The molecule has 26 heavy (non-hydrogen) atoms. The number of nitrogens with zero attached hydrogens (tertiary/aromatic N) is 1. The molecule has 0 radical (unpaired) electrons. The number of anilines is 1. The van der Waals surface area contributed by atoms with Crippen molar-refractivity contribution in [2.75, 3.05) is 11.9 Å². The first-order valence-electron chi connectivity index (χ1n) is 8.23. The van der Waals surface area contributed by atoms with Crippen LogP contribution < -0.4 is 4.90 Å². The molecule has 0 unspecified atom stereocenters. The van der Waals surface area contributed by atoms with Gasteiger partial charge in [-0.1, -0.05) is 52.3 Å². The minimum atomic E-state index is -1.85. The van der Waals surface area contributed by atoms with E-state index in [4.69, 9.17) is 0 Å². The second kappa shape index (κ2) is 6.04. The molecular weight excluding hydrogens is 394 g/mol. The number of Topliss-reactive ketones (excluding diaryl/α,β-unsaturated/α-hetero) is 1. The van der Waals surface area contributed by atoms with Gasteiger partial charge in [-0.3, -0.25) is 9.59 Å². The summed E-state index contributed by atoms with van der Waals surface area (Å²) in [7, 11) is 1.60. The SMILES string of the molecule is CN1C(=O)[C@](O)(CC(=O)c2ccc3ccccc3c2)c2cc(Br)ccc21. The van der Waals surface area contributed by atoms with Crippen LogP contribution in [0.2, 0.25) is 0 Å². The minimum absolute atomic E-state index is 0.271. The van der Waals surface area contributed by atoms with E-state index in [1.165, 1.54) is 4.90 Å². The summed E-state index contributed by atoms with van der Waals surface area (Å²) in [4.78, 5) is 26.9. The van der Waals surface area contributed by atoms with Gasteiger partial charge in [0.2, 0.25) is 0 Å². The first kappa shape index (κ1) is 16.9. The number of amides is 1. The number of likely N-dealkylation sites (N-methyl/N-ethyl adjacent to an activating group) is 1. The Hall–Kier alpha value is -2.50. The van der Waals surface area contributed by atoms with Crippen molar-refractivity contribution in [3.63, 3.8) is 0 Å². The summed E-state index contributed by atoms with van der Waals surface area (Å²) in [6.07, 6.45) is -0.294. The van der Waals surface area contributed by atoms with Crippen LogP contribution in [0.4, 0.5) is 5.69 Å². The van der Waals surface area contributed by atoms with Crippen LogP contribution in [0.1, 0.15) is 22.3 Å². The predicted octanol–water partition coefficient (Wildman–Crippen LogP) is 4.04. The van der Waals surface area contributed by atoms with Gasteiger partial charge in [0.05, 0.1) is 12.1 Å². The quantitative estimate of drug-likeness (QED) is 0.664. The number of carbonyl (C=O) groups is 2. The molecule has 130 valence electrons. The van der Waals surface area contributed by atoms with E-state index in [0.29, 0.717) is 16.8 Å². The molecule has 1 heterocycles.